The number of amides is 2. The van der Waals surface area contributed by atoms with Gasteiger partial charge in [-0.1, -0.05) is 39.0 Å². The van der Waals surface area contributed by atoms with Gasteiger partial charge in [-0.15, -0.1) is 0 Å². The number of para-hydroxylation sites is 1. The molecule has 0 aliphatic heterocycles. The van der Waals surface area contributed by atoms with Crippen molar-refractivity contribution in [2.75, 3.05) is 11.9 Å². The Morgan fingerprint density at radius 3 is 2.62 bits per heavy atom. The number of hydrogen-bond acceptors (Lipinski definition) is 4. The fourth-order valence-electron chi connectivity index (χ4n) is 3.34. The first-order chi connectivity index (χ1) is 13.8. The van der Waals surface area contributed by atoms with Crippen molar-refractivity contribution in [1.29, 1.82) is 0 Å². The Labute approximate surface area is 170 Å². The molecule has 0 saturated heterocycles. The van der Waals surface area contributed by atoms with Crippen molar-refractivity contribution < 1.29 is 9.59 Å². The van der Waals surface area contributed by atoms with Crippen LogP contribution in [0.3, 0.4) is 0 Å². The summed E-state index contributed by atoms with van der Waals surface area (Å²) in [5.74, 6) is -0.416. The van der Waals surface area contributed by atoms with Gasteiger partial charge in [0.1, 0.15) is 0 Å². The van der Waals surface area contributed by atoms with Crippen LogP contribution in [0.1, 0.15) is 54.0 Å². The van der Waals surface area contributed by atoms with Crippen LogP contribution in [-0.2, 0) is 18.3 Å². The molecule has 3 rings (SSSR count). The first-order valence-corrected chi connectivity index (χ1v) is 9.82. The summed E-state index contributed by atoms with van der Waals surface area (Å²) in [4.78, 5) is 29.9. The Morgan fingerprint density at radius 1 is 1.21 bits per heavy atom. The molecule has 0 saturated carbocycles. The largest absolute Gasteiger partial charge is 0.343 e. The summed E-state index contributed by atoms with van der Waals surface area (Å²) in [5, 5.41) is 10.7. The van der Waals surface area contributed by atoms with Gasteiger partial charge in [-0.05, 0) is 37.0 Å². The summed E-state index contributed by atoms with van der Waals surface area (Å²) < 4.78 is 1.68. The van der Waals surface area contributed by atoms with Gasteiger partial charge in [0.05, 0.1) is 23.2 Å². The second kappa shape index (κ2) is 8.43. The molecule has 2 aromatic heterocycles. The average molecular weight is 393 g/mol. The van der Waals surface area contributed by atoms with E-state index < -0.39 is 0 Å². The highest BCUT2D eigenvalue weighted by Crippen LogP contribution is 2.24. The molecule has 0 aliphatic rings. The van der Waals surface area contributed by atoms with Crippen LogP contribution in [0.15, 0.2) is 30.3 Å². The van der Waals surface area contributed by atoms with E-state index in [0.29, 0.717) is 16.6 Å². The molecule has 29 heavy (non-hydrogen) atoms. The van der Waals surface area contributed by atoms with E-state index in [1.807, 2.05) is 59.0 Å². The van der Waals surface area contributed by atoms with Crippen LogP contribution >= 0.6 is 0 Å². The van der Waals surface area contributed by atoms with Crippen molar-refractivity contribution in [3.63, 3.8) is 0 Å². The number of rotatable bonds is 6. The first-order valence-electron chi connectivity index (χ1n) is 9.82. The van der Waals surface area contributed by atoms with Crippen molar-refractivity contribution in [3.8, 4) is 0 Å². The van der Waals surface area contributed by atoms with Crippen molar-refractivity contribution in [3.05, 3.63) is 52.8 Å². The third-order valence-electron chi connectivity index (χ3n) is 4.91. The molecule has 0 fully saturated rings. The summed E-state index contributed by atoms with van der Waals surface area (Å²) in [7, 11) is 1.81. The predicted molar refractivity (Wildman–Crippen MR) is 114 cm³/mol. The van der Waals surface area contributed by atoms with Gasteiger partial charge in [-0.3, -0.25) is 14.3 Å². The van der Waals surface area contributed by atoms with Crippen LogP contribution in [-0.4, -0.2) is 33.1 Å². The van der Waals surface area contributed by atoms with E-state index in [0.717, 1.165) is 29.1 Å². The van der Waals surface area contributed by atoms with E-state index in [1.165, 1.54) is 0 Å². The maximum absolute atomic E-state index is 12.9. The number of nitrogens with one attached hydrogen (secondary N) is 2. The monoisotopic (exact) mass is 393 g/mol. The molecule has 0 spiro atoms. The third kappa shape index (κ3) is 4.29. The van der Waals surface area contributed by atoms with Crippen molar-refractivity contribution in [2.45, 2.75) is 40.0 Å². The lowest BCUT2D eigenvalue weighted by molar-refractivity contribution is -0.115. The molecule has 2 amide bonds. The Bertz CT molecular complexity index is 1070. The molecule has 0 atom stereocenters. The first kappa shape index (κ1) is 20.5. The van der Waals surface area contributed by atoms with Gasteiger partial charge < -0.3 is 10.6 Å². The molecule has 2 N–H and O–H groups in total. The number of carbonyl (C=O) groups excluding carboxylic acids is 2. The SMILES string of the molecule is CCc1ccccc1NC(=O)CNC(=O)c1cc(C(C)C)nc2c1c(C)nn2C. The van der Waals surface area contributed by atoms with Crippen LogP contribution in [0.25, 0.3) is 11.0 Å². The second-order valence-corrected chi connectivity index (χ2v) is 7.40. The molecule has 7 nitrogen and oxygen atoms in total. The topological polar surface area (TPSA) is 88.9 Å². The molecular weight excluding hydrogens is 366 g/mol. The molecule has 2 heterocycles. The van der Waals surface area contributed by atoms with Gasteiger partial charge in [-0.2, -0.15) is 5.10 Å². The fourth-order valence-corrected chi connectivity index (χ4v) is 3.34. The Kier molecular flexibility index (Phi) is 5.96. The number of fused-ring (bicyclic) bond motifs is 1. The van der Waals surface area contributed by atoms with E-state index >= 15 is 0 Å². The highest BCUT2D eigenvalue weighted by atomic mass is 16.2. The Balaban J connectivity index is 1.80. The highest BCUT2D eigenvalue weighted by Gasteiger charge is 2.20. The highest BCUT2D eigenvalue weighted by molar-refractivity contribution is 6.08. The summed E-state index contributed by atoms with van der Waals surface area (Å²) >= 11 is 0. The normalized spacial score (nSPS) is 11.1. The molecular formula is C22H27N5O2. The zero-order valence-corrected chi connectivity index (χ0v) is 17.5. The molecule has 0 aliphatic carbocycles. The van der Waals surface area contributed by atoms with E-state index in [-0.39, 0.29) is 24.3 Å². The number of anilines is 1. The minimum absolute atomic E-state index is 0.114. The van der Waals surface area contributed by atoms with Gasteiger partial charge in [0.25, 0.3) is 5.91 Å². The molecule has 3 aromatic rings. The zero-order valence-electron chi connectivity index (χ0n) is 17.5. The Morgan fingerprint density at radius 2 is 1.93 bits per heavy atom. The van der Waals surface area contributed by atoms with Gasteiger partial charge in [0.15, 0.2) is 5.65 Å². The van der Waals surface area contributed by atoms with E-state index in [9.17, 15) is 9.59 Å². The van der Waals surface area contributed by atoms with Crippen molar-refractivity contribution in [2.24, 2.45) is 7.05 Å². The third-order valence-corrected chi connectivity index (χ3v) is 4.91. The number of aryl methyl sites for hydroxylation is 3. The Hall–Kier alpha value is -3.22. The molecule has 1 aromatic carbocycles. The molecule has 152 valence electrons. The van der Waals surface area contributed by atoms with Crippen molar-refractivity contribution in [1.82, 2.24) is 20.1 Å². The quantitative estimate of drug-likeness (QED) is 0.672. The number of nitrogens with zero attached hydrogens (tertiary/aromatic N) is 3. The van der Waals surface area contributed by atoms with Gasteiger partial charge in [0, 0.05) is 18.4 Å². The van der Waals surface area contributed by atoms with Crippen LogP contribution in [0.5, 0.6) is 0 Å². The van der Waals surface area contributed by atoms with E-state index in [2.05, 4.69) is 20.7 Å². The minimum atomic E-state index is -0.311. The summed E-state index contributed by atoms with van der Waals surface area (Å²) in [5.41, 5.74) is 4.52. The lowest BCUT2D eigenvalue weighted by Gasteiger charge is -2.12. The molecule has 0 bridgehead atoms. The van der Waals surface area contributed by atoms with Crippen LogP contribution in [0.2, 0.25) is 0 Å². The van der Waals surface area contributed by atoms with E-state index in [1.54, 1.807) is 10.7 Å². The predicted octanol–water partition coefficient (Wildman–Crippen LogP) is 3.33. The second-order valence-electron chi connectivity index (χ2n) is 7.40. The van der Waals surface area contributed by atoms with Crippen LogP contribution in [0, 0.1) is 6.92 Å². The van der Waals surface area contributed by atoms with Gasteiger partial charge in [0.2, 0.25) is 5.91 Å². The number of pyridine rings is 1. The smallest absolute Gasteiger partial charge is 0.252 e. The minimum Gasteiger partial charge on any atom is -0.343 e. The zero-order chi connectivity index (χ0) is 21.1. The summed E-state index contributed by atoms with van der Waals surface area (Å²) in [6, 6.07) is 9.44. The maximum atomic E-state index is 12.9. The number of carbonyl (C=O) groups is 2. The standard InChI is InChI=1S/C22H27N5O2/c1-6-15-9-7-8-10-17(15)24-19(28)12-23-22(29)16-11-18(13(2)3)25-21-20(16)14(4)26-27(21)5/h7-11,13H,6,12H2,1-5H3,(H,23,29)(H,24,28). The molecule has 7 heteroatoms. The van der Waals surface area contributed by atoms with Gasteiger partial charge in [-0.25, -0.2) is 4.98 Å². The van der Waals surface area contributed by atoms with Gasteiger partial charge >= 0.3 is 0 Å². The number of aromatic nitrogens is 3. The fraction of sp³-hybridized carbons (Fsp3) is 0.364. The molecule has 0 unspecified atom stereocenters. The molecule has 0 radical (unpaired) electrons. The van der Waals surface area contributed by atoms with Crippen LogP contribution in [0.4, 0.5) is 5.69 Å². The van der Waals surface area contributed by atoms with Crippen LogP contribution < -0.4 is 10.6 Å². The summed E-state index contributed by atoms with van der Waals surface area (Å²) in [6.07, 6.45) is 0.816. The average Bonchev–Trinajstić information content (AvgIpc) is 2.99. The maximum Gasteiger partial charge on any atom is 0.252 e. The lowest BCUT2D eigenvalue weighted by Crippen LogP contribution is -2.33. The number of benzene rings is 1. The van der Waals surface area contributed by atoms with Crippen molar-refractivity contribution >= 4 is 28.5 Å². The summed E-state index contributed by atoms with van der Waals surface area (Å²) in [6.45, 7) is 7.82. The number of hydrogen-bond donors (Lipinski definition) is 2. The lowest BCUT2D eigenvalue weighted by atomic mass is 10.0. The van der Waals surface area contributed by atoms with E-state index in [4.69, 9.17) is 0 Å².